The summed E-state index contributed by atoms with van der Waals surface area (Å²) in [6, 6.07) is 5.84. The van der Waals surface area contributed by atoms with Crippen LogP contribution in [0.3, 0.4) is 0 Å². The van der Waals surface area contributed by atoms with E-state index in [1.54, 1.807) is 31.2 Å². The highest BCUT2D eigenvalue weighted by Gasteiger charge is 2.20. The monoisotopic (exact) mass is 250 g/mol. The third-order valence-electron chi connectivity index (χ3n) is 2.26. The van der Waals surface area contributed by atoms with Crippen LogP contribution in [0.25, 0.3) is 0 Å². The number of primary amides is 1. The van der Waals surface area contributed by atoms with Crippen molar-refractivity contribution in [2.24, 2.45) is 5.73 Å². The number of hydrogen-bond acceptors (Lipinski definition) is 4. The first kappa shape index (κ1) is 13.7. The summed E-state index contributed by atoms with van der Waals surface area (Å²) in [5.74, 6) is -1.38. The molecule has 0 aliphatic rings. The summed E-state index contributed by atoms with van der Waals surface area (Å²) >= 11 is 0. The zero-order valence-corrected chi connectivity index (χ0v) is 10.1. The number of carbonyl (C=O) groups excluding carboxylic acids is 3. The van der Waals surface area contributed by atoms with E-state index < -0.39 is 24.0 Å². The number of benzene rings is 1. The Morgan fingerprint density at radius 3 is 2.44 bits per heavy atom. The number of urea groups is 1. The number of amides is 3. The second-order valence-electron chi connectivity index (χ2n) is 3.72. The zero-order chi connectivity index (χ0) is 13.7. The van der Waals surface area contributed by atoms with E-state index in [2.05, 4.69) is 0 Å². The molecule has 0 saturated heterocycles. The van der Waals surface area contributed by atoms with E-state index in [4.69, 9.17) is 10.5 Å². The Balaban J connectivity index is 2.68. The van der Waals surface area contributed by atoms with Gasteiger partial charge in [0, 0.05) is 0 Å². The topological polar surface area (TPSA) is 98.5 Å². The third-order valence-corrected chi connectivity index (χ3v) is 2.26. The lowest BCUT2D eigenvalue weighted by Gasteiger charge is -2.12. The molecule has 1 atom stereocenters. The van der Waals surface area contributed by atoms with Crippen molar-refractivity contribution < 1.29 is 19.1 Å². The summed E-state index contributed by atoms with van der Waals surface area (Å²) in [5.41, 5.74) is 5.90. The van der Waals surface area contributed by atoms with Gasteiger partial charge in [-0.05, 0) is 25.5 Å². The second-order valence-corrected chi connectivity index (χ2v) is 3.72. The average molecular weight is 250 g/mol. The molecule has 6 heteroatoms. The molecule has 3 N–H and O–H groups in total. The van der Waals surface area contributed by atoms with Gasteiger partial charge in [-0.1, -0.05) is 18.2 Å². The van der Waals surface area contributed by atoms with E-state index in [1.807, 2.05) is 5.32 Å². The number of imide groups is 1. The fourth-order valence-electron chi connectivity index (χ4n) is 1.30. The largest absolute Gasteiger partial charge is 0.449 e. The van der Waals surface area contributed by atoms with Crippen molar-refractivity contribution in [1.82, 2.24) is 5.32 Å². The van der Waals surface area contributed by atoms with Crippen molar-refractivity contribution in [2.45, 2.75) is 20.0 Å². The molecule has 0 saturated carbocycles. The van der Waals surface area contributed by atoms with Gasteiger partial charge in [0.05, 0.1) is 5.56 Å². The minimum Gasteiger partial charge on any atom is -0.449 e. The Morgan fingerprint density at radius 2 is 1.89 bits per heavy atom. The average Bonchev–Trinajstić information content (AvgIpc) is 2.28. The number of rotatable bonds is 3. The molecule has 0 radical (unpaired) electrons. The minimum atomic E-state index is -1.09. The molecule has 0 bridgehead atoms. The zero-order valence-electron chi connectivity index (χ0n) is 10.1. The van der Waals surface area contributed by atoms with Gasteiger partial charge in [-0.2, -0.15) is 0 Å². The third kappa shape index (κ3) is 3.58. The maximum atomic E-state index is 11.7. The lowest BCUT2D eigenvalue weighted by molar-refractivity contribution is -0.127. The van der Waals surface area contributed by atoms with Crippen LogP contribution < -0.4 is 11.1 Å². The number of nitrogens with two attached hydrogens (primary N) is 1. The van der Waals surface area contributed by atoms with Crippen LogP contribution >= 0.6 is 0 Å². The van der Waals surface area contributed by atoms with Crippen molar-refractivity contribution >= 4 is 17.9 Å². The fraction of sp³-hybridized carbons (Fsp3) is 0.250. The van der Waals surface area contributed by atoms with Crippen LogP contribution in [0.2, 0.25) is 0 Å². The van der Waals surface area contributed by atoms with Gasteiger partial charge in [0.25, 0.3) is 5.91 Å². The van der Waals surface area contributed by atoms with E-state index in [9.17, 15) is 14.4 Å². The molecule has 1 aromatic carbocycles. The van der Waals surface area contributed by atoms with Gasteiger partial charge < -0.3 is 10.5 Å². The van der Waals surface area contributed by atoms with E-state index in [-0.39, 0.29) is 0 Å². The van der Waals surface area contributed by atoms with E-state index in [1.165, 1.54) is 6.92 Å². The first-order chi connectivity index (χ1) is 8.41. The van der Waals surface area contributed by atoms with E-state index >= 15 is 0 Å². The summed E-state index contributed by atoms with van der Waals surface area (Å²) in [6.45, 7) is 3.11. The second kappa shape index (κ2) is 5.81. The molecule has 0 aromatic heterocycles. The van der Waals surface area contributed by atoms with E-state index in [0.29, 0.717) is 5.56 Å². The standard InChI is InChI=1S/C12H14N2O4/c1-7-5-3-4-6-9(7)11(16)18-8(2)10(15)14-12(13)17/h3-6,8H,1-2H3,(H3,13,14,15,17)/t8-/m0/s1. The molecule has 0 heterocycles. The smallest absolute Gasteiger partial charge is 0.339 e. The van der Waals surface area contributed by atoms with Gasteiger partial charge >= 0.3 is 12.0 Å². The Bertz CT molecular complexity index is 485. The molecule has 18 heavy (non-hydrogen) atoms. The highest BCUT2D eigenvalue weighted by atomic mass is 16.5. The Labute approximate surface area is 104 Å². The fourth-order valence-corrected chi connectivity index (χ4v) is 1.30. The molecule has 0 aliphatic heterocycles. The number of nitrogens with one attached hydrogen (secondary N) is 1. The van der Waals surface area contributed by atoms with Gasteiger partial charge in [-0.15, -0.1) is 0 Å². The van der Waals surface area contributed by atoms with Gasteiger partial charge in [-0.25, -0.2) is 9.59 Å². The quantitative estimate of drug-likeness (QED) is 0.773. The van der Waals surface area contributed by atoms with Crippen LogP contribution in [0, 0.1) is 6.92 Å². The molecule has 1 aromatic rings. The summed E-state index contributed by atoms with van der Waals surface area (Å²) in [7, 11) is 0. The molecule has 6 nitrogen and oxygen atoms in total. The molecule has 0 spiro atoms. The molecule has 1 rings (SSSR count). The molecule has 96 valence electrons. The highest BCUT2D eigenvalue weighted by Crippen LogP contribution is 2.09. The van der Waals surface area contributed by atoms with Crippen molar-refractivity contribution in [1.29, 1.82) is 0 Å². The molecule has 0 unspecified atom stereocenters. The Hall–Kier alpha value is -2.37. The highest BCUT2D eigenvalue weighted by molar-refractivity contribution is 5.98. The lowest BCUT2D eigenvalue weighted by Crippen LogP contribution is -2.42. The maximum Gasteiger partial charge on any atom is 0.339 e. The van der Waals surface area contributed by atoms with Crippen molar-refractivity contribution in [2.75, 3.05) is 0 Å². The van der Waals surface area contributed by atoms with Crippen molar-refractivity contribution in [3.63, 3.8) is 0 Å². The van der Waals surface area contributed by atoms with Crippen LogP contribution in [0.15, 0.2) is 24.3 Å². The molecular weight excluding hydrogens is 236 g/mol. The Kier molecular flexibility index (Phi) is 4.42. The van der Waals surface area contributed by atoms with E-state index in [0.717, 1.165) is 5.56 Å². The van der Waals surface area contributed by atoms with Crippen molar-refractivity contribution in [3.05, 3.63) is 35.4 Å². The minimum absolute atomic E-state index is 0.372. The first-order valence-electron chi connectivity index (χ1n) is 5.28. The predicted octanol–water partition coefficient (Wildman–Crippen LogP) is 0.735. The van der Waals surface area contributed by atoms with Crippen LogP contribution in [0.4, 0.5) is 4.79 Å². The molecular formula is C12H14N2O4. The van der Waals surface area contributed by atoms with Gasteiger partial charge in [0.2, 0.25) is 0 Å². The predicted molar refractivity (Wildman–Crippen MR) is 63.8 cm³/mol. The number of hydrogen-bond donors (Lipinski definition) is 2. The van der Waals surface area contributed by atoms with Crippen LogP contribution in [-0.2, 0) is 9.53 Å². The molecule has 0 aliphatic carbocycles. The normalized spacial score (nSPS) is 11.4. The molecule has 3 amide bonds. The summed E-state index contributed by atoms with van der Waals surface area (Å²) in [6.07, 6.45) is -1.09. The van der Waals surface area contributed by atoms with Gasteiger partial charge in [-0.3, -0.25) is 10.1 Å². The van der Waals surface area contributed by atoms with Gasteiger partial charge in [0.1, 0.15) is 0 Å². The van der Waals surface area contributed by atoms with Crippen LogP contribution in [0.5, 0.6) is 0 Å². The summed E-state index contributed by atoms with van der Waals surface area (Å²) in [5, 5.41) is 1.84. The summed E-state index contributed by atoms with van der Waals surface area (Å²) < 4.78 is 4.92. The number of aryl methyl sites for hydroxylation is 1. The number of esters is 1. The lowest BCUT2D eigenvalue weighted by atomic mass is 10.1. The number of ether oxygens (including phenoxy) is 1. The van der Waals surface area contributed by atoms with Crippen LogP contribution in [-0.4, -0.2) is 24.0 Å². The molecule has 0 fully saturated rings. The first-order valence-corrected chi connectivity index (χ1v) is 5.28. The van der Waals surface area contributed by atoms with Gasteiger partial charge in [0.15, 0.2) is 6.10 Å². The number of carbonyl (C=O) groups is 3. The maximum absolute atomic E-state index is 11.7. The van der Waals surface area contributed by atoms with Crippen molar-refractivity contribution in [3.8, 4) is 0 Å². The Morgan fingerprint density at radius 1 is 1.28 bits per heavy atom. The van der Waals surface area contributed by atoms with Crippen LogP contribution in [0.1, 0.15) is 22.8 Å². The summed E-state index contributed by atoms with van der Waals surface area (Å²) in [4.78, 5) is 33.5. The SMILES string of the molecule is Cc1ccccc1C(=O)O[C@@H](C)C(=O)NC(N)=O.